The second kappa shape index (κ2) is 10.9. The number of benzene rings is 2. The molecule has 2 aromatic carbocycles. The lowest BCUT2D eigenvalue weighted by atomic mass is 9.98. The van der Waals surface area contributed by atoms with E-state index >= 15 is 0 Å². The van der Waals surface area contributed by atoms with Gasteiger partial charge in [-0.15, -0.1) is 0 Å². The molecule has 35 heavy (non-hydrogen) atoms. The fourth-order valence-corrected chi connectivity index (χ4v) is 4.81. The molecule has 0 aromatic heterocycles. The van der Waals surface area contributed by atoms with E-state index in [1.165, 1.54) is 0 Å². The SMILES string of the molecule is CC(C)[C@@H](NC(=O)C(CCS(C)(=O)=O)NC(=O)OCC1c2ccccc2-c2ccccc21)C(=O)O. The zero-order chi connectivity index (χ0) is 25.8. The normalized spacial score (nSPS) is 14.5. The van der Waals surface area contributed by atoms with Crippen LogP contribution in [0, 0.1) is 5.92 Å². The first-order chi connectivity index (χ1) is 16.5. The number of alkyl carbamates (subject to hydrolysis) is 1. The van der Waals surface area contributed by atoms with Crippen molar-refractivity contribution in [3.63, 3.8) is 0 Å². The van der Waals surface area contributed by atoms with Gasteiger partial charge in [0.25, 0.3) is 0 Å². The summed E-state index contributed by atoms with van der Waals surface area (Å²) in [6, 6.07) is 13.2. The van der Waals surface area contributed by atoms with Crippen LogP contribution in [0.5, 0.6) is 0 Å². The van der Waals surface area contributed by atoms with Crippen molar-refractivity contribution in [2.45, 2.75) is 38.3 Å². The van der Waals surface area contributed by atoms with Gasteiger partial charge in [0, 0.05) is 12.2 Å². The van der Waals surface area contributed by atoms with Crippen molar-refractivity contribution < 1.29 is 32.6 Å². The minimum atomic E-state index is -3.43. The molecule has 2 atom stereocenters. The van der Waals surface area contributed by atoms with E-state index < -0.39 is 45.8 Å². The van der Waals surface area contributed by atoms with Crippen LogP contribution in [0.4, 0.5) is 4.79 Å². The molecule has 0 saturated heterocycles. The van der Waals surface area contributed by atoms with Crippen molar-refractivity contribution in [3.05, 3.63) is 59.7 Å². The molecule has 9 nitrogen and oxygen atoms in total. The quantitative estimate of drug-likeness (QED) is 0.454. The summed E-state index contributed by atoms with van der Waals surface area (Å²) >= 11 is 0. The molecule has 0 heterocycles. The fraction of sp³-hybridized carbons (Fsp3) is 0.400. The first kappa shape index (κ1) is 26.2. The van der Waals surface area contributed by atoms with E-state index in [1.54, 1.807) is 13.8 Å². The molecule has 10 heteroatoms. The number of nitrogens with one attached hydrogen (secondary N) is 2. The smallest absolute Gasteiger partial charge is 0.407 e. The van der Waals surface area contributed by atoms with Crippen LogP contribution in [0.25, 0.3) is 11.1 Å². The molecule has 0 aliphatic heterocycles. The van der Waals surface area contributed by atoms with Crippen LogP contribution in [-0.2, 0) is 24.2 Å². The third-order valence-electron chi connectivity index (χ3n) is 5.96. The van der Waals surface area contributed by atoms with Crippen molar-refractivity contribution in [3.8, 4) is 11.1 Å². The van der Waals surface area contributed by atoms with E-state index in [2.05, 4.69) is 10.6 Å². The lowest BCUT2D eigenvalue weighted by Crippen LogP contribution is -2.53. The van der Waals surface area contributed by atoms with Crippen molar-refractivity contribution >= 4 is 27.8 Å². The number of ether oxygens (including phenoxy) is 1. The number of carboxylic acid groups (broad SMARTS) is 1. The summed E-state index contributed by atoms with van der Waals surface area (Å²) < 4.78 is 28.7. The number of carbonyl (C=O) groups is 3. The number of aliphatic carboxylic acids is 1. The molecular weight excluding hydrogens is 472 g/mol. The van der Waals surface area contributed by atoms with Crippen molar-refractivity contribution in [2.75, 3.05) is 18.6 Å². The Bertz CT molecular complexity index is 1160. The number of hydrogen-bond donors (Lipinski definition) is 3. The maximum absolute atomic E-state index is 12.8. The zero-order valence-corrected chi connectivity index (χ0v) is 20.7. The van der Waals surface area contributed by atoms with Gasteiger partial charge in [0.15, 0.2) is 0 Å². The Labute approximate surface area is 204 Å². The zero-order valence-electron chi connectivity index (χ0n) is 19.9. The first-order valence-corrected chi connectivity index (χ1v) is 13.4. The van der Waals surface area contributed by atoms with Gasteiger partial charge in [0.2, 0.25) is 5.91 Å². The minimum absolute atomic E-state index is 0.0179. The molecule has 3 N–H and O–H groups in total. The Kier molecular flexibility index (Phi) is 8.16. The molecule has 0 fully saturated rings. The average Bonchev–Trinajstić information content (AvgIpc) is 3.11. The van der Waals surface area contributed by atoms with Crippen molar-refractivity contribution in [1.29, 1.82) is 0 Å². The summed E-state index contributed by atoms with van der Waals surface area (Å²) in [4.78, 5) is 36.9. The van der Waals surface area contributed by atoms with E-state index in [4.69, 9.17) is 4.74 Å². The molecule has 2 aromatic rings. The Morgan fingerprint density at radius 2 is 1.51 bits per heavy atom. The highest BCUT2D eigenvalue weighted by Gasteiger charge is 2.31. The van der Waals surface area contributed by atoms with Crippen LogP contribution in [0.15, 0.2) is 48.5 Å². The van der Waals surface area contributed by atoms with E-state index in [0.717, 1.165) is 28.5 Å². The van der Waals surface area contributed by atoms with E-state index in [1.807, 2.05) is 48.5 Å². The molecular formula is C25H30N2O7S. The molecule has 2 amide bonds. The molecule has 1 unspecified atom stereocenters. The maximum atomic E-state index is 12.8. The van der Waals surface area contributed by atoms with E-state index in [-0.39, 0.29) is 24.7 Å². The largest absolute Gasteiger partial charge is 0.480 e. The van der Waals surface area contributed by atoms with Gasteiger partial charge in [0.05, 0.1) is 5.75 Å². The van der Waals surface area contributed by atoms with Crippen LogP contribution in [0.2, 0.25) is 0 Å². The summed E-state index contributed by atoms with van der Waals surface area (Å²) in [7, 11) is -3.43. The monoisotopic (exact) mass is 502 g/mol. The van der Waals surface area contributed by atoms with Crippen LogP contribution < -0.4 is 10.6 Å². The number of fused-ring (bicyclic) bond motifs is 3. The summed E-state index contributed by atoms with van der Waals surface area (Å²) in [5.41, 5.74) is 4.18. The van der Waals surface area contributed by atoms with E-state index in [9.17, 15) is 27.9 Å². The minimum Gasteiger partial charge on any atom is -0.480 e. The number of carbonyl (C=O) groups excluding carboxylic acids is 2. The predicted octanol–water partition coefficient (Wildman–Crippen LogP) is 2.55. The lowest BCUT2D eigenvalue weighted by Gasteiger charge is -2.23. The highest BCUT2D eigenvalue weighted by atomic mass is 32.2. The van der Waals surface area contributed by atoms with Gasteiger partial charge in [-0.1, -0.05) is 62.4 Å². The summed E-state index contributed by atoms with van der Waals surface area (Å²) in [6.45, 7) is 3.27. The van der Waals surface area contributed by atoms with Gasteiger partial charge < -0.3 is 20.5 Å². The molecule has 0 saturated carbocycles. The molecule has 0 radical (unpaired) electrons. The van der Waals surface area contributed by atoms with Crippen LogP contribution in [-0.4, -0.2) is 62.2 Å². The molecule has 1 aliphatic carbocycles. The van der Waals surface area contributed by atoms with Gasteiger partial charge >= 0.3 is 12.1 Å². The molecule has 0 bridgehead atoms. The standard InChI is InChI=1S/C25H30N2O7S/c1-15(2)22(24(29)30)27-23(28)21(12-13-35(3,32)33)26-25(31)34-14-20-18-10-6-4-8-16(18)17-9-5-7-11-19(17)20/h4-11,15,20-22H,12-14H2,1-3H3,(H,26,31)(H,27,28)(H,29,30)/t21?,22-/m1/s1. The second-order valence-corrected chi connectivity index (χ2v) is 11.3. The maximum Gasteiger partial charge on any atom is 0.407 e. The fourth-order valence-electron chi connectivity index (χ4n) is 4.15. The number of carboxylic acids is 1. The predicted molar refractivity (Wildman–Crippen MR) is 131 cm³/mol. The Morgan fingerprint density at radius 1 is 0.971 bits per heavy atom. The topological polar surface area (TPSA) is 139 Å². The molecule has 3 rings (SSSR count). The highest BCUT2D eigenvalue weighted by Crippen LogP contribution is 2.44. The number of sulfone groups is 1. The number of amides is 2. The van der Waals surface area contributed by atoms with Crippen molar-refractivity contribution in [2.24, 2.45) is 5.92 Å². The Morgan fingerprint density at radius 3 is 2.00 bits per heavy atom. The summed E-state index contributed by atoms with van der Waals surface area (Å²) in [5.74, 6) is -2.98. The van der Waals surface area contributed by atoms with E-state index in [0.29, 0.717) is 0 Å². The molecule has 1 aliphatic rings. The molecule has 188 valence electrons. The van der Waals surface area contributed by atoms with Gasteiger partial charge in [-0.2, -0.15) is 0 Å². The van der Waals surface area contributed by atoms with Crippen LogP contribution >= 0.6 is 0 Å². The van der Waals surface area contributed by atoms with Gasteiger partial charge in [-0.3, -0.25) is 4.79 Å². The Balaban J connectivity index is 1.70. The third-order valence-corrected chi connectivity index (χ3v) is 6.94. The molecule has 0 spiro atoms. The summed E-state index contributed by atoms with van der Waals surface area (Å²) in [6.07, 6.45) is -0.0973. The number of rotatable bonds is 10. The third kappa shape index (κ3) is 6.60. The van der Waals surface area contributed by atoms with Crippen LogP contribution in [0.1, 0.15) is 37.3 Å². The highest BCUT2D eigenvalue weighted by molar-refractivity contribution is 7.90. The summed E-state index contributed by atoms with van der Waals surface area (Å²) in [5, 5.41) is 14.1. The van der Waals surface area contributed by atoms with Gasteiger partial charge in [0.1, 0.15) is 28.5 Å². The van der Waals surface area contributed by atoms with Crippen LogP contribution in [0.3, 0.4) is 0 Å². The van der Waals surface area contributed by atoms with Gasteiger partial charge in [-0.05, 0) is 34.6 Å². The van der Waals surface area contributed by atoms with Gasteiger partial charge in [-0.25, -0.2) is 18.0 Å². The number of hydrogen-bond acceptors (Lipinski definition) is 6. The van der Waals surface area contributed by atoms with Crippen molar-refractivity contribution in [1.82, 2.24) is 10.6 Å². The lowest BCUT2D eigenvalue weighted by molar-refractivity contribution is -0.143. The Hall–Kier alpha value is -3.40. The average molecular weight is 503 g/mol. The second-order valence-electron chi connectivity index (χ2n) is 9.01. The first-order valence-electron chi connectivity index (χ1n) is 11.3.